The Morgan fingerprint density at radius 1 is 1.43 bits per heavy atom. The van der Waals surface area contributed by atoms with Crippen LogP contribution >= 0.6 is 24.0 Å². The van der Waals surface area contributed by atoms with Gasteiger partial charge in [0, 0.05) is 18.7 Å². The Labute approximate surface area is 151 Å². The Balaban J connectivity index is 0.00000264. The highest BCUT2D eigenvalue weighted by Crippen LogP contribution is 2.33. The van der Waals surface area contributed by atoms with Gasteiger partial charge in [0.05, 0.1) is 13.2 Å². The molecule has 0 unspecified atom stereocenters. The lowest BCUT2D eigenvalue weighted by Crippen LogP contribution is -2.35. The first-order chi connectivity index (χ1) is 10.5. The molecule has 0 atom stereocenters. The minimum Gasteiger partial charge on any atom is -0.490 e. The number of nitrogens with zero attached hydrogens (tertiary/aromatic N) is 2. The number of hydrogen-bond acceptors (Lipinski definition) is 3. The summed E-state index contributed by atoms with van der Waals surface area (Å²) in [6.45, 7) is -0.625. The Morgan fingerprint density at radius 2 is 2.13 bits per heavy atom. The topological polar surface area (TPSA) is 60.1 Å². The maximum atomic E-state index is 12.6. The summed E-state index contributed by atoms with van der Waals surface area (Å²) in [6.07, 6.45) is 2.21. The second kappa shape index (κ2) is 9.09. The minimum atomic E-state index is -2.92. The zero-order valence-corrected chi connectivity index (χ0v) is 15.5. The van der Waals surface area contributed by atoms with Crippen LogP contribution in [0, 0.1) is 0 Å². The summed E-state index contributed by atoms with van der Waals surface area (Å²) in [5.41, 5.74) is 6.42. The molecular weight excluding hydrogens is 419 g/mol. The lowest BCUT2D eigenvalue weighted by atomic mass is 10.2. The molecule has 0 radical (unpaired) electrons. The highest BCUT2D eigenvalue weighted by molar-refractivity contribution is 14.0. The number of benzene rings is 1. The summed E-state index contributed by atoms with van der Waals surface area (Å²) in [7, 11) is 1.88. The van der Waals surface area contributed by atoms with Crippen molar-refractivity contribution in [2.75, 3.05) is 13.7 Å². The second-order valence-corrected chi connectivity index (χ2v) is 5.07. The molecule has 5 nitrogen and oxygen atoms in total. The van der Waals surface area contributed by atoms with Gasteiger partial charge >= 0.3 is 6.61 Å². The predicted molar refractivity (Wildman–Crippen MR) is 95.8 cm³/mol. The lowest BCUT2D eigenvalue weighted by Gasteiger charge is -2.18. The van der Waals surface area contributed by atoms with Crippen LogP contribution in [0.25, 0.3) is 0 Å². The number of ether oxygens (including phenoxy) is 2. The van der Waals surface area contributed by atoms with Gasteiger partial charge in [-0.25, -0.2) is 4.99 Å². The molecule has 8 heteroatoms. The van der Waals surface area contributed by atoms with Crippen molar-refractivity contribution in [1.82, 2.24) is 4.90 Å². The molecule has 0 spiro atoms. The Bertz CT molecular complexity index is 539. The van der Waals surface area contributed by atoms with E-state index < -0.39 is 6.61 Å². The summed E-state index contributed by atoms with van der Waals surface area (Å²) >= 11 is 0. The van der Waals surface area contributed by atoms with Gasteiger partial charge in [0.1, 0.15) is 0 Å². The molecule has 0 bridgehead atoms. The molecule has 1 aliphatic carbocycles. The Kier molecular flexibility index (Phi) is 7.80. The number of rotatable bonds is 7. The lowest BCUT2D eigenvalue weighted by molar-refractivity contribution is -0.0520. The molecule has 1 saturated carbocycles. The molecule has 130 valence electrons. The Hall–Kier alpha value is -1.32. The van der Waals surface area contributed by atoms with E-state index in [4.69, 9.17) is 10.5 Å². The number of para-hydroxylation sites is 1. The molecule has 23 heavy (non-hydrogen) atoms. The van der Waals surface area contributed by atoms with Gasteiger partial charge in [0.15, 0.2) is 17.5 Å². The minimum absolute atomic E-state index is 0. The zero-order chi connectivity index (χ0) is 16.1. The summed E-state index contributed by atoms with van der Waals surface area (Å²) in [5, 5.41) is 0. The van der Waals surface area contributed by atoms with Crippen LogP contribution in [0.15, 0.2) is 23.2 Å². The smallest absolute Gasteiger partial charge is 0.387 e. The summed E-state index contributed by atoms with van der Waals surface area (Å²) in [6, 6.07) is 5.42. The van der Waals surface area contributed by atoms with Crippen LogP contribution < -0.4 is 15.2 Å². The van der Waals surface area contributed by atoms with E-state index in [1.807, 2.05) is 11.9 Å². The van der Waals surface area contributed by atoms with E-state index >= 15 is 0 Å². The first kappa shape index (κ1) is 19.7. The van der Waals surface area contributed by atoms with Crippen molar-refractivity contribution in [2.45, 2.75) is 39.0 Å². The molecule has 1 fully saturated rings. The van der Waals surface area contributed by atoms with Crippen molar-refractivity contribution in [3.05, 3.63) is 23.8 Å². The SMILES string of the molecule is CCOc1cccc(CN=C(N)N(C)C2CC2)c1OC(F)F.I. The average molecular weight is 441 g/mol. The van der Waals surface area contributed by atoms with E-state index in [0.717, 1.165) is 12.8 Å². The highest BCUT2D eigenvalue weighted by Gasteiger charge is 2.27. The molecule has 2 N–H and O–H groups in total. The van der Waals surface area contributed by atoms with Crippen LogP contribution in [-0.2, 0) is 6.54 Å². The van der Waals surface area contributed by atoms with Crippen molar-refractivity contribution in [2.24, 2.45) is 10.7 Å². The number of halogens is 3. The normalized spacial score (nSPS) is 14.4. The molecule has 0 saturated heterocycles. The summed E-state index contributed by atoms with van der Waals surface area (Å²) < 4.78 is 35.2. The van der Waals surface area contributed by atoms with Crippen molar-refractivity contribution in [1.29, 1.82) is 0 Å². The molecule has 2 rings (SSSR count). The van der Waals surface area contributed by atoms with Gasteiger partial charge in [0.25, 0.3) is 0 Å². The van der Waals surface area contributed by atoms with Gasteiger partial charge < -0.3 is 20.1 Å². The van der Waals surface area contributed by atoms with E-state index in [2.05, 4.69) is 9.73 Å². The number of alkyl halides is 2. The third kappa shape index (κ3) is 5.67. The molecule has 1 aromatic carbocycles. The number of aliphatic imine (C=N–C) groups is 1. The quantitative estimate of drug-likeness (QED) is 0.401. The first-order valence-electron chi connectivity index (χ1n) is 7.25. The molecule has 0 heterocycles. The van der Waals surface area contributed by atoms with Crippen LogP contribution in [0.2, 0.25) is 0 Å². The second-order valence-electron chi connectivity index (χ2n) is 5.07. The molecule has 1 aliphatic rings. The fraction of sp³-hybridized carbons (Fsp3) is 0.533. The fourth-order valence-electron chi connectivity index (χ4n) is 2.10. The number of guanidine groups is 1. The Morgan fingerprint density at radius 3 is 2.70 bits per heavy atom. The third-order valence-electron chi connectivity index (χ3n) is 3.43. The van der Waals surface area contributed by atoms with Gasteiger partial charge in [-0.05, 0) is 25.8 Å². The fourth-order valence-corrected chi connectivity index (χ4v) is 2.10. The van der Waals surface area contributed by atoms with Crippen LogP contribution in [-0.4, -0.2) is 37.2 Å². The van der Waals surface area contributed by atoms with Crippen LogP contribution in [0.1, 0.15) is 25.3 Å². The van der Waals surface area contributed by atoms with E-state index in [9.17, 15) is 8.78 Å². The van der Waals surface area contributed by atoms with Crippen LogP contribution in [0.3, 0.4) is 0 Å². The highest BCUT2D eigenvalue weighted by atomic mass is 127. The van der Waals surface area contributed by atoms with E-state index in [0.29, 0.717) is 24.2 Å². The van der Waals surface area contributed by atoms with Crippen LogP contribution in [0.5, 0.6) is 11.5 Å². The maximum absolute atomic E-state index is 12.6. The molecule has 1 aromatic rings. The largest absolute Gasteiger partial charge is 0.490 e. The summed E-state index contributed by atoms with van der Waals surface area (Å²) in [4.78, 5) is 6.17. The van der Waals surface area contributed by atoms with Crippen molar-refractivity contribution >= 4 is 29.9 Å². The predicted octanol–water partition coefficient (Wildman–Crippen LogP) is 3.21. The molecular formula is C15H22F2IN3O2. The molecule has 0 aliphatic heterocycles. The van der Waals surface area contributed by atoms with E-state index in [1.165, 1.54) is 0 Å². The average Bonchev–Trinajstić information content (AvgIpc) is 3.31. The van der Waals surface area contributed by atoms with E-state index in [1.54, 1.807) is 25.1 Å². The first-order valence-corrected chi connectivity index (χ1v) is 7.25. The monoisotopic (exact) mass is 441 g/mol. The van der Waals surface area contributed by atoms with Crippen molar-refractivity contribution in [3.63, 3.8) is 0 Å². The third-order valence-corrected chi connectivity index (χ3v) is 3.43. The van der Waals surface area contributed by atoms with Gasteiger partial charge in [-0.3, -0.25) is 0 Å². The number of hydrogen-bond donors (Lipinski definition) is 1. The molecule has 0 amide bonds. The maximum Gasteiger partial charge on any atom is 0.387 e. The van der Waals surface area contributed by atoms with Gasteiger partial charge in [-0.15, -0.1) is 24.0 Å². The summed E-state index contributed by atoms with van der Waals surface area (Å²) in [5.74, 6) is 0.696. The van der Waals surface area contributed by atoms with Crippen LogP contribution in [0.4, 0.5) is 8.78 Å². The van der Waals surface area contributed by atoms with Crippen molar-refractivity contribution < 1.29 is 18.3 Å². The van der Waals surface area contributed by atoms with E-state index in [-0.39, 0.29) is 42.0 Å². The van der Waals surface area contributed by atoms with Crippen molar-refractivity contribution in [3.8, 4) is 11.5 Å². The van der Waals surface area contributed by atoms with Gasteiger partial charge in [-0.1, -0.05) is 12.1 Å². The van der Waals surface area contributed by atoms with Gasteiger partial charge in [0.2, 0.25) is 0 Å². The van der Waals surface area contributed by atoms with Gasteiger partial charge in [-0.2, -0.15) is 8.78 Å². The number of nitrogens with two attached hydrogens (primary N) is 1. The standard InChI is InChI=1S/C15H21F2N3O2.HI/c1-3-21-12-6-4-5-10(13(12)22-14(16)17)9-19-15(18)20(2)11-7-8-11;/h4-6,11,14H,3,7-9H2,1-2H3,(H2,18,19);1H. The zero-order valence-electron chi connectivity index (χ0n) is 13.2. The molecule has 0 aromatic heterocycles.